The minimum absolute atomic E-state index is 0.0234. The number of nitrogens with one attached hydrogen (secondary N) is 1. The van der Waals surface area contributed by atoms with Gasteiger partial charge in [0.2, 0.25) is 5.91 Å². The minimum atomic E-state index is -0.725. The first-order chi connectivity index (χ1) is 10.5. The van der Waals surface area contributed by atoms with E-state index in [0.29, 0.717) is 19.3 Å². The molecule has 1 saturated carbocycles. The summed E-state index contributed by atoms with van der Waals surface area (Å²) >= 11 is 0. The summed E-state index contributed by atoms with van der Waals surface area (Å²) in [5.41, 5.74) is 1.96. The molecule has 0 atom stereocenters. The average Bonchev–Trinajstić information content (AvgIpc) is 2.49. The fourth-order valence-electron chi connectivity index (χ4n) is 2.92. The van der Waals surface area contributed by atoms with E-state index in [-0.39, 0.29) is 17.9 Å². The van der Waals surface area contributed by atoms with Crippen molar-refractivity contribution in [3.8, 4) is 5.75 Å². The second-order valence-electron chi connectivity index (χ2n) is 5.94. The molecule has 1 aromatic carbocycles. The van der Waals surface area contributed by atoms with Crippen LogP contribution in [0, 0.1) is 12.8 Å². The molecule has 1 amide bonds. The Bertz CT molecular complexity index is 548. The number of methoxy groups -OCH3 is 1. The number of amides is 1. The summed E-state index contributed by atoms with van der Waals surface area (Å²) in [4.78, 5) is 23.0. The van der Waals surface area contributed by atoms with Crippen LogP contribution in [-0.2, 0) is 16.0 Å². The van der Waals surface area contributed by atoms with Gasteiger partial charge in [-0.15, -0.1) is 0 Å². The smallest absolute Gasteiger partial charge is 0.306 e. The van der Waals surface area contributed by atoms with Gasteiger partial charge in [-0.1, -0.05) is 12.1 Å². The molecule has 1 aliphatic carbocycles. The topological polar surface area (TPSA) is 75.6 Å². The second-order valence-corrected chi connectivity index (χ2v) is 5.94. The summed E-state index contributed by atoms with van der Waals surface area (Å²) in [6, 6.07) is 5.85. The largest absolute Gasteiger partial charge is 0.496 e. The van der Waals surface area contributed by atoms with Crippen LogP contribution < -0.4 is 10.1 Å². The van der Waals surface area contributed by atoms with E-state index in [1.807, 2.05) is 25.1 Å². The Morgan fingerprint density at radius 2 is 1.95 bits per heavy atom. The predicted molar refractivity (Wildman–Crippen MR) is 83.0 cm³/mol. The zero-order chi connectivity index (χ0) is 16.1. The Hall–Kier alpha value is -2.04. The number of ether oxygens (including phenoxy) is 1. The molecular formula is C17H23NO4. The number of carboxylic acid groups (broad SMARTS) is 1. The van der Waals surface area contributed by atoms with Crippen molar-refractivity contribution in [2.75, 3.05) is 7.11 Å². The molecule has 0 unspecified atom stereocenters. The number of aliphatic carboxylic acids is 1. The lowest BCUT2D eigenvalue weighted by Gasteiger charge is -2.26. The van der Waals surface area contributed by atoms with Gasteiger partial charge in [-0.05, 0) is 49.8 Å². The lowest BCUT2D eigenvalue weighted by molar-refractivity contribution is -0.142. The first-order valence-corrected chi connectivity index (χ1v) is 7.65. The van der Waals surface area contributed by atoms with E-state index in [9.17, 15) is 9.59 Å². The molecule has 22 heavy (non-hydrogen) atoms. The van der Waals surface area contributed by atoms with Crippen molar-refractivity contribution < 1.29 is 19.4 Å². The maximum atomic E-state index is 12.1. The monoisotopic (exact) mass is 305 g/mol. The molecule has 0 spiro atoms. The van der Waals surface area contributed by atoms with Gasteiger partial charge in [0, 0.05) is 6.04 Å². The maximum Gasteiger partial charge on any atom is 0.306 e. The molecule has 0 saturated heterocycles. The van der Waals surface area contributed by atoms with E-state index < -0.39 is 5.97 Å². The van der Waals surface area contributed by atoms with Crippen LogP contribution in [0.2, 0.25) is 0 Å². The van der Waals surface area contributed by atoms with Crippen LogP contribution in [0.25, 0.3) is 0 Å². The summed E-state index contributed by atoms with van der Waals surface area (Å²) < 4.78 is 5.26. The van der Waals surface area contributed by atoms with Crippen molar-refractivity contribution >= 4 is 11.9 Å². The lowest BCUT2D eigenvalue weighted by Crippen LogP contribution is -2.39. The molecule has 5 heteroatoms. The number of hydrogen-bond donors (Lipinski definition) is 2. The number of benzene rings is 1. The van der Waals surface area contributed by atoms with Gasteiger partial charge in [0.1, 0.15) is 5.75 Å². The molecule has 120 valence electrons. The highest BCUT2D eigenvalue weighted by atomic mass is 16.5. The van der Waals surface area contributed by atoms with E-state index in [1.165, 1.54) is 0 Å². The standard InChI is InChI=1S/C17H23NO4/c1-11-3-4-12(9-15(11)22-2)10-16(19)18-14-7-5-13(6-8-14)17(20)21/h3-4,9,13-14H,5-8,10H2,1-2H3,(H,18,19)(H,20,21). The number of aryl methyl sites for hydroxylation is 1. The van der Waals surface area contributed by atoms with E-state index in [4.69, 9.17) is 9.84 Å². The van der Waals surface area contributed by atoms with Crippen LogP contribution in [0.3, 0.4) is 0 Å². The molecule has 1 aromatic rings. The molecule has 0 heterocycles. The van der Waals surface area contributed by atoms with Crippen LogP contribution in [-0.4, -0.2) is 30.1 Å². The molecule has 2 rings (SSSR count). The Labute approximate surface area is 130 Å². The zero-order valence-corrected chi connectivity index (χ0v) is 13.1. The van der Waals surface area contributed by atoms with Crippen LogP contribution in [0.15, 0.2) is 18.2 Å². The Balaban J connectivity index is 1.85. The number of hydrogen-bond acceptors (Lipinski definition) is 3. The Morgan fingerprint density at radius 1 is 1.27 bits per heavy atom. The van der Waals surface area contributed by atoms with Gasteiger partial charge in [0.05, 0.1) is 19.4 Å². The third kappa shape index (κ3) is 4.23. The third-order valence-electron chi connectivity index (χ3n) is 4.28. The van der Waals surface area contributed by atoms with Crippen molar-refractivity contribution in [3.63, 3.8) is 0 Å². The molecule has 2 N–H and O–H groups in total. The highest BCUT2D eigenvalue weighted by molar-refractivity contribution is 5.79. The van der Waals surface area contributed by atoms with E-state index in [0.717, 1.165) is 29.7 Å². The van der Waals surface area contributed by atoms with Crippen molar-refractivity contribution in [3.05, 3.63) is 29.3 Å². The van der Waals surface area contributed by atoms with E-state index in [2.05, 4.69) is 5.32 Å². The Morgan fingerprint density at radius 3 is 2.55 bits per heavy atom. The quantitative estimate of drug-likeness (QED) is 0.875. The maximum absolute atomic E-state index is 12.1. The summed E-state index contributed by atoms with van der Waals surface area (Å²) in [6.45, 7) is 1.96. The van der Waals surface area contributed by atoms with Crippen LogP contribution in [0.5, 0.6) is 5.75 Å². The van der Waals surface area contributed by atoms with Gasteiger partial charge >= 0.3 is 5.97 Å². The SMILES string of the molecule is COc1cc(CC(=O)NC2CCC(C(=O)O)CC2)ccc1C. The molecule has 0 aromatic heterocycles. The number of rotatable bonds is 5. The van der Waals surface area contributed by atoms with Gasteiger partial charge in [0.25, 0.3) is 0 Å². The average molecular weight is 305 g/mol. The summed E-state index contributed by atoms with van der Waals surface area (Å²) in [6.07, 6.45) is 3.06. The van der Waals surface area contributed by atoms with Crippen molar-refractivity contribution in [1.82, 2.24) is 5.32 Å². The lowest BCUT2D eigenvalue weighted by atomic mass is 9.86. The van der Waals surface area contributed by atoms with Crippen LogP contribution >= 0.6 is 0 Å². The van der Waals surface area contributed by atoms with Gasteiger partial charge in [-0.25, -0.2) is 0 Å². The number of carbonyl (C=O) groups is 2. The summed E-state index contributed by atoms with van der Waals surface area (Å²) in [5, 5.41) is 12.0. The first-order valence-electron chi connectivity index (χ1n) is 7.65. The number of carboxylic acids is 1. The molecule has 5 nitrogen and oxygen atoms in total. The van der Waals surface area contributed by atoms with E-state index >= 15 is 0 Å². The molecule has 0 bridgehead atoms. The minimum Gasteiger partial charge on any atom is -0.496 e. The second kappa shape index (κ2) is 7.29. The number of carbonyl (C=O) groups excluding carboxylic acids is 1. The Kier molecular flexibility index (Phi) is 5.41. The first kappa shape index (κ1) is 16.3. The van der Waals surface area contributed by atoms with Gasteiger partial charge in [0.15, 0.2) is 0 Å². The highest BCUT2D eigenvalue weighted by Crippen LogP contribution is 2.24. The highest BCUT2D eigenvalue weighted by Gasteiger charge is 2.26. The van der Waals surface area contributed by atoms with Gasteiger partial charge in [-0.2, -0.15) is 0 Å². The van der Waals surface area contributed by atoms with Gasteiger partial charge < -0.3 is 15.2 Å². The van der Waals surface area contributed by atoms with Crippen molar-refractivity contribution in [2.45, 2.75) is 45.1 Å². The van der Waals surface area contributed by atoms with Crippen LogP contribution in [0.4, 0.5) is 0 Å². The fourth-order valence-corrected chi connectivity index (χ4v) is 2.92. The normalized spacial score (nSPS) is 21.2. The zero-order valence-electron chi connectivity index (χ0n) is 13.1. The fraction of sp³-hybridized carbons (Fsp3) is 0.529. The summed E-state index contributed by atoms with van der Waals surface area (Å²) in [7, 11) is 1.62. The molecule has 0 aliphatic heterocycles. The molecule has 1 aliphatic rings. The third-order valence-corrected chi connectivity index (χ3v) is 4.28. The molecule has 1 fully saturated rings. The van der Waals surface area contributed by atoms with Crippen LogP contribution in [0.1, 0.15) is 36.8 Å². The van der Waals surface area contributed by atoms with E-state index in [1.54, 1.807) is 7.11 Å². The molecule has 0 radical (unpaired) electrons. The van der Waals surface area contributed by atoms with Crippen molar-refractivity contribution in [2.24, 2.45) is 5.92 Å². The summed E-state index contributed by atoms with van der Waals surface area (Å²) in [5.74, 6) is -0.219. The van der Waals surface area contributed by atoms with Gasteiger partial charge in [-0.3, -0.25) is 9.59 Å². The predicted octanol–water partition coefficient (Wildman–Crippen LogP) is 2.31. The van der Waals surface area contributed by atoms with Crippen molar-refractivity contribution in [1.29, 1.82) is 0 Å². The molecular weight excluding hydrogens is 282 g/mol.